The molecule has 2 aliphatic carbocycles. The van der Waals surface area contributed by atoms with E-state index in [1.54, 1.807) is 24.8 Å². The van der Waals surface area contributed by atoms with Crippen LogP contribution in [-0.4, -0.2) is 28.5 Å². The molecule has 3 aromatic heterocycles. The maximum atomic E-state index is 12.0. The predicted molar refractivity (Wildman–Crippen MR) is 621 cm³/mol. The van der Waals surface area contributed by atoms with E-state index < -0.39 is 53.8 Å². The molecular formula is C126H143Br4Cl2Mo2N6O3W-3. The quantitative estimate of drug-likeness (QED) is 0.104. The molecule has 15 aromatic rings. The van der Waals surface area contributed by atoms with Gasteiger partial charge < -0.3 is 30.3 Å². The van der Waals surface area contributed by atoms with Gasteiger partial charge in [-0.1, -0.05) is 244 Å². The summed E-state index contributed by atoms with van der Waals surface area (Å²) >= 11 is 25.2. The number of benzene rings is 12. The second-order valence-corrected chi connectivity index (χ2v) is 51.2. The van der Waals surface area contributed by atoms with Crippen LogP contribution >= 0.6 is 86.9 Å². The van der Waals surface area contributed by atoms with Crippen molar-refractivity contribution in [2.75, 3.05) is 0 Å². The second kappa shape index (κ2) is 56.7. The Bertz CT molecular complexity index is 6520. The number of aryl methyl sites for hydroxylation is 7. The summed E-state index contributed by atoms with van der Waals surface area (Å²) in [6.45, 7) is 52.1. The van der Waals surface area contributed by atoms with Crippen molar-refractivity contribution < 1.29 is 69.1 Å². The van der Waals surface area contributed by atoms with Crippen molar-refractivity contribution in [2.45, 2.75) is 246 Å². The van der Waals surface area contributed by atoms with Crippen molar-refractivity contribution in [3.05, 3.63) is 397 Å². The van der Waals surface area contributed by atoms with E-state index in [4.69, 9.17) is 30.2 Å². The molecule has 0 amide bonds. The van der Waals surface area contributed by atoms with Gasteiger partial charge >= 0.3 is 366 Å². The molecule has 9 nitrogen and oxygen atoms in total. The van der Waals surface area contributed by atoms with E-state index in [9.17, 15) is 15.3 Å². The van der Waals surface area contributed by atoms with E-state index in [1.807, 2.05) is 147 Å². The Morgan fingerprint density at radius 1 is 0.382 bits per heavy atom. The maximum absolute atomic E-state index is 12.0. The number of aromatic hydroxyl groups is 3. The molecule has 0 unspecified atom stereocenters. The van der Waals surface area contributed by atoms with Crippen LogP contribution in [0.2, 0.25) is 10.0 Å². The SMILES string of the molecule is CC(C)(C)[CH]=[W]=[N]c1c(Cl)cccc1Cl.CC(C)(C)c1cccc(C(C)(C)C)c1O.CC(C)c1cccc(C(C)C)c1[N]=[Mo]=[CH]C(C)(C)C.Cc1c(Br)cc2c(c1-c1c(O)c(Br)cc3c1CCCC3)CCCC2.Cc1ccc(-c2c(O)c(-c3ccc(Br)cc3)c(-c3ccccc3)c(Br)c2-c2ccccc2)cc1.Cc1ccc(C)[n-]1.Cc1cccc(C)c1[N]=[Mo]=[CH]C(C)(C)c1ccccc1.c1cc[n-]c1.c1cc[n-]c1. The van der Waals surface area contributed by atoms with Crippen LogP contribution in [0, 0.1) is 52.4 Å². The van der Waals surface area contributed by atoms with Crippen LogP contribution in [0.15, 0.2) is 314 Å². The Morgan fingerprint density at radius 3 is 1.21 bits per heavy atom. The standard InChI is InChI=1S/C31H22Br2O.C21H22Br2O.C14H22O.C12H17N.C10H12.C8H9N.C6H3Cl2N.C6H8N.2C5H10.2C4H4N.2Mo.W/c1-20-12-14-23(15-13-20)28-26(21-8-4-2-5-9-21)30(33)27(22-10-6-3-7-11-22)29(31(28)34)24-16-18-25(32)19-17-24;1-12-17(22)10-13-6-2-4-8-15(13)19(12)20-16-9-5-3-7-14(16)11-18(23)21(20)24;1-13(2,3)10-8-7-9-11(12(10)15)14(4,5)6;1-8(2)10-6-5-7-11(9(3)4)12(10)13;1-10(2,3)9-7-5-4-6-8-9;1-6-4-3-5-7(2)8(6)9;7-4-2-1-3-5(8)6(4)9;1-5-3-4-6(2)7-5;2*1-5(2,3)4;2*1-2-4-5-3-1;;;/h2-19,34H,1H3;10-11,24H,2-9H2,1H3;7-9,15H,1-6H3;5-9H,1-4H3;1,4-8H,2-3H3;3-5H,1-2H3;1-3H;3-4H,1-2H3;2*1H,2-4H3;2*1-4H;;;/q;;;;;;;-1;;;2*-1;;;. The molecule has 144 heavy (non-hydrogen) atoms. The van der Waals surface area contributed by atoms with Crippen molar-refractivity contribution in [1.29, 1.82) is 0 Å². The first-order valence-corrected chi connectivity index (χ1v) is 60.3. The zero-order valence-electron chi connectivity index (χ0n) is 88.2. The maximum Gasteiger partial charge on any atom is -0.0860 e. The summed E-state index contributed by atoms with van der Waals surface area (Å²) in [7, 11) is 0. The third kappa shape index (κ3) is 35.9. The molecule has 12 aromatic carbocycles. The normalized spacial score (nSPS) is 11.9. The summed E-state index contributed by atoms with van der Waals surface area (Å²) in [6, 6.07) is 88.1. The smallest absolute Gasteiger partial charge is 0.0860 e. The number of phenols is 3. The van der Waals surface area contributed by atoms with E-state index in [2.05, 4.69) is 375 Å². The van der Waals surface area contributed by atoms with Crippen molar-refractivity contribution >= 4 is 117 Å². The molecule has 0 saturated heterocycles. The Hall–Kier alpha value is -8.55. The van der Waals surface area contributed by atoms with Crippen molar-refractivity contribution in [2.24, 2.45) is 21.3 Å². The summed E-state index contributed by atoms with van der Waals surface area (Å²) in [5.41, 5.74) is 32.9. The average molecular weight is 2560 g/mol. The van der Waals surface area contributed by atoms with Crippen LogP contribution in [0.25, 0.3) is 55.6 Å². The number of rotatable bonds is 12. The minimum atomic E-state index is -0.850. The fourth-order valence-electron chi connectivity index (χ4n) is 16.4. The molecule has 2 aliphatic rings. The zero-order valence-corrected chi connectivity index (χ0v) is 103. The Kier molecular flexibility index (Phi) is 46.9. The molecule has 0 saturated carbocycles. The minimum Gasteiger partial charge on any atom is -0.670 e. The number of hydrogen-bond donors (Lipinski definition) is 3. The molecule has 3 N–H and O–H groups in total. The topological polar surface area (TPSA) is 140 Å². The first-order chi connectivity index (χ1) is 68.2. The average Bonchev–Trinajstić information content (AvgIpc) is 0.781. The van der Waals surface area contributed by atoms with Gasteiger partial charge in [-0.05, 0) is 199 Å². The molecule has 0 fully saturated rings. The van der Waals surface area contributed by atoms with Gasteiger partial charge in [-0.3, -0.25) is 0 Å². The number of aromatic nitrogens is 3. The molecule has 3 heterocycles. The van der Waals surface area contributed by atoms with Crippen molar-refractivity contribution in [3.63, 3.8) is 0 Å². The number of fused-ring (bicyclic) bond motifs is 2. The van der Waals surface area contributed by atoms with Gasteiger partial charge in [0.25, 0.3) is 0 Å². The summed E-state index contributed by atoms with van der Waals surface area (Å²) < 4.78 is 25.5. The van der Waals surface area contributed by atoms with Crippen LogP contribution in [-0.2, 0) is 95.7 Å². The summed E-state index contributed by atoms with van der Waals surface area (Å²) in [5.74, 6) is 2.23. The van der Waals surface area contributed by atoms with Gasteiger partial charge in [-0.15, -0.1) is 0 Å². The van der Waals surface area contributed by atoms with Crippen LogP contribution in [0.3, 0.4) is 0 Å². The predicted octanol–water partition coefficient (Wildman–Crippen LogP) is 38.5. The number of halogens is 6. The molecular weight excluding hydrogens is 2410 g/mol. The molecule has 0 bridgehead atoms. The van der Waals surface area contributed by atoms with E-state index >= 15 is 0 Å². The van der Waals surface area contributed by atoms with Crippen molar-refractivity contribution in [1.82, 2.24) is 15.0 Å². The molecule has 0 spiro atoms. The molecule has 0 aliphatic heterocycles. The molecule has 0 radical (unpaired) electrons. The van der Waals surface area contributed by atoms with Crippen LogP contribution in [0.5, 0.6) is 17.2 Å². The molecule has 758 valence electrons. The monoisotopic (exact) mass is 2550 g/mol. The van der Waals surface area contributed by atoms with Gasteiger partial charge in [-0.25, -0.2) is 0 Å². The number of para-hydroxylation sites is 1. The van der Waals surface area contributed by atoms with E-state index in [-0.39, 0.29) is 32.8 Å². The van der Waals surface area contributed by atoms with Gasteiger partial charge in [0.15, 0.2) is 0 Å². The summed E-state index contributed by atoms with van der Waals surface area (Å²) in [4.78, 5) is 11.6. The fourth-order valence-corrected chi connectivity index (χ4v) is 25.5. The van der Waals surface area contributed by atoms with Crippen molar-refractivity contribution in [3.8, 4) is 72.9 Å². The zero-order chi connectivity index (χ0) is 105. The summed E-state index contributed by atoms with van der Waals surface area (Å²) in [5, 5.41) is 34.5. The van der Waals surface area contributed by atoms with Crippen LogP contribution < -0.4 is 15.0 Å². The number of nitrogens with zero attached hydrogens (tertiary/aromatic N) is 6. The molecule has 17 rings (SSSR count). The first-order valence-electron chi connectivity index (χ1n) is 49.3. The molecule has 18 heteroatoms. The Morgan fingerprint density at radius 2 is 0.785 bits per heavy atom. The van der Waals surface area contributed by atoms with Gasteiger partial charge in [0, 0.05) is 41.2 Å². The van der Waals surface area contributed by atoms with E-state index in [1.165, 1.54) is 108 Å². The van der Waals surface area contributed by atoms with Gasteiger partial charge in [0.2, 0.25) is 0 Å². The third-order valence-electron chi connectivity index (χ3n) is 24.0. The second-order valence-electron chi connectivity index (χ2n) is 41.7. The van der Waals surface area contributed by atoms with E-state index in [0.717, 1.165) is 117 Å². The fraction of sp³-hybridized carbons (Fsp3) is 0.310. The van der Waals surface area contributed by atoms with Crippen LogP contribution in [0.1, 0.15) is 246 Å². The first kappa shape index (κ1) is 119. The molecule has 0 atom stereocenters. The van der Waals surface area contributed by atoms with Gasteiger partial charge in [-0.2, -0.15) is 36.2 Å². The number of phenolic OH excluding ortho intramolecular Hbond substituents is 3. The third-order valence-corrected chi connectivity index (χ3v) is 36.4. The largest absolute Gasteiger partial charge is 0.670 e. The Balaban J connectivity index is 0.000000190. The summed E-state index contributed by atoms with van der Waals surface area (Å²) in [6.07, 6.45) is 16.5. The van der Waals surface area contributed by atoms with Crippen LogP contribution in [0.4, 0.5) is 17.1 Å². The minimum absolute atomic E-state index is 0.00859. The van der Waals surface area contributed by atoms with E-state index in [0.29, 0.717) is 33.4 Å². The van der Waals surface area contributed by atoms with Gasteiger partial charge in [0.1, 0.15) is 17.2 Å². The number of hydrogen-bond acceptors (Lipinski definition) is 6. The Labute approximate surface area is 928 Å². The van der Waals surface area contributed by atoms with Gasteiger partial charge in [0.05, 0.1) is 4.47 Å².